The number of anilines is 2. The molecule has 5 aromatic carbocycles. The summed E-state index contributed by atoms with van der Waals surface area (Å²) in [6.07, 6.45) is 2.06. The number of benzene rings is 5. The first kappa shape index (κ1) is 34.9. The largest absolute Gasteiger partial charge is 0.321 e. The molecule has 1 atom stereocenters. The lowest BCUT2D eigenvalue weighted by Gasteiger charge is -2.15. The summed E-state index contributed by atoms with van der Waals surface area (Å²) in [5.74, 6) is -1.18. The van der Waals surface area contributed by atoms with Gasteiger partial charge in [-0.25, -0.2) is 4.98 Å². The summed E-state index contributed by atoms with van der Waals surface area (Å²) in [6, 6.07) is 35.0. The molecule has 0 aliphatic heterocycles. The topological polar surface area (TPSA) is 100 Å². The van der Waals surface area contributed by atoms with Crippen LogP contribution in [0.1, 0.15) is 29.3 Å². The van der Waals surface area contributed by atoms with Crippen molar-refractivity contribution in [1.29, 1.82) is 0 Å². The Morgan fingerprint density at radius 2 is 1.62 bits per heavy atom. The van der Waals surface area contributed by atoms with Crippen LogP contribution < -0.4 is 16.0 Å². The molecule has 0 saturated heterocycles. The molecule has 7 nitrogen and oxygen atoms in total. The number of halogens is 2. The van der Waals surface area contributed by atoms with Gasteiger partial charge in [-0.15, -0.1) is 23.1 Å². The van der Waals surface area contributed by atoms with Gasteiger partial charge in [0.2, 0.25) is 5.91 Å². The van der Waals surface area contributed by atoms with E-state index < -0.39 is 17.1 Å². The highest BCUT2D eigenvalue weighted by Crippen LogP contribution is 2.31. The monoisotopic (exact) mass is 736 g/mol. The van der Waals surface area contributed by atoms with Crippen LogP contribution in [0.4, 0.5) is 10.8 Å². The van der Waals surface area contributed by atoms with Gasteiger partial charge in [0, 0.05) is 37.1 Å². The van der Waals surface area contributed by atoms with Crippen LogP contribution in [0, 0.1) is 0 Å². The molecular weight excluding hydrogens is 707 g/mol. The van der Waals surface area contributed by atoms with Crippen molar-refractivity contribution in [3.05, 3.63) is 148 Å². The van der Waals surface area contributed by atoms with Crippen molar-refractivity contribution in [2.24, 2.45) is 0 Å². The van der Waals surface area contributed by atoms with Crippen molar-refractivity contribution in [1.82, 2.24) is 10.3 Å². The third-order valence-electron chi connectivity index (χ3n) is 7.60. The number of thiazole rings is 1. The fourth-order valence-corrected chi connectivity index (χ4v) is 7.25. The van der Waals surface area contributed by atoms with Crippen molar-refractivity contribution >= 4 is 91.7 Å². The second-order valence-corrected chi connectivity index (χ2v) is 14.1. The molecule has 0 aliphatic carbocycles. The molecular formula is C39H30Cl2N4O3S2. The Bertz CT molecular complexity index is 2220. The van der Waals surface area contributed by atoms with Gasteiger partial charge in [-0.05, 0) is 77.4 Å². The van der Waals surface area contributed by atoms with Crippen molar-refractivity contribution in [2.75, 3.05) is 10.6 Å². The molecule has 0 aliphatic rings. The van der Waals surface area contributed by atoms with Gasteiger partial charge in [0.1, 0.15) is 5.70 Å². The van der Waals surface area contributed by atoms with Crippen LogP contribution in [0.15, 0.2) is 131 Å². The Kier molecular flexibility index (Phi) is 11.3. The van der Waals surface area contributed by atoms with Crippen LogP contribution in [0.5, 0.6) is 0 Å². The van der Waals surface area contributed by atoms with E-state index in [0.717, 1.165) is 26.9 Å². The quantitative estimate of drug-likeness (QED) is 0.0908. The maximum absolute atomic E-state index is 13.6. The molecule has 50 heavy (non-hydrogen) atoms. The standard InChI is InChI=1S/C39H30Cl2N4O3S2/c1-2-35(38(48)45-39-44-34(23-49-39)28-16-15-24-9-6-7-12-26(24)19-28)50-31-14-8-13-30(22-31)42-37(47)33(20-27-17-18-29(40)21-32(27)41)43-36(46)25-10-4-3-5-11-25/h3-23,35H,2H2,1H3,(H,42,47)(H,43,46)(H,44,45,48)/b33-20+. The smallest absolute Gasteiger partial charge is 0.272 e. The van der Waals surface area contributed by atoms with Crippen LogP contribution in [0.2, 0.25) is 10.0 Å². The fourth-order valence-electron chi connectivity index (χ4n) is 5.05. The van der Waals surface area contributed by atoms with Crippen LogP contribution in [0.25, 0.3) is 28.1 Å². The molecule has 0 radical (unpaired) electrons. The molecule has 0 spiro atoms. The number of thioether (sulfide) groups is 1. The van der Waals surface area contributed by atoms with Crippen molar-refractivity contribution in [2.45, 2.75) is 23.5 Å². The summed E-state index contributed by atoms with van der Waals surface area (Å²) in [4.78, 5) is 45.4. The van der Waals surface area contributed by atoms with Gasteiger partial charge in [0.15, 0.2) is 5.13 Å². The normalized spacial score (nSPS) is 11.9. The summed E-state index contributed by atoms with van der Waals surface area (Å²) in [6.45, 7) is 1.94. The van der Waals surface area contributed by atoms with Gasteiger partial charge >= 0.3 is 0 Å². The first-order valence-electron chi connectivity index (χ1n) is 15.6. The summed E-state index contributed by atoms with van der Waals surface area (Å²) >= 11 is 15.2. The first-order chi connectivity index (χ1) is 24.2. The highest BCUT2D eigenvalue weighted by Gasteiger charge is 2.21. The van der Waals surface area contributed by atoms with E-state index in [-0.39, 0.29) is 11.6 Å². The third-order valence-corrected chi connectivity index (χ3v) is 10.3. The second kappa shape index (κ2) is 16.2. The number of carbonyl (C=O) groups is 3. The van der Waals surface area contributed by atoms with E-state index in [2.05, 4.69) is 45.2 Å². The van der Waals surface area contributed by atoms with E-state index in [9.17, 15) is 14.4 Å². The fraction of sp³-hybridized carbons (Fsp3) is 0.0769. The van der Waals surface area contributed by atoms with Crippen molar-refractivity contribution in [3.63, 3.8) is 0 Å². The summed E-state index contributed by atoms with van der Waals surface area (Å²) < 4.78 is 0. The average molecular weight is 738 g/mol. The van der Waals surface area contributed by atoms with Crippen LogP contribution in [-0.2, 0) is 9.59 Å². The minimum Gasteiger partial charge on any atom is -0.321 e. The van der Waals surface area contributed by atoms with E-state index in [1.807, 2.05) is 36.6 Å². The van der Waals surface area contributed by atoms with Gasteiger partial charge in [0.05, 0.1) is 10.9 Å². The lowest BCUT2D eigenvalue weighted by Crippen LogP contribution is -2.30. The molecule has 0 bridgehead atoms. The molecule has 6 aromatic rings. The van der Waals surface area contributed by atoms with Crippen LogP contribution in [0.3, 0.4) is 0 Å². The number of nitrogens with one attached hydrogen (secondary N) is 3. The molecule has 250 valence electrons. The Hall–Kier alpha value is -4.93. The summed E-state index contributed by atoms with van der Waals surface area (Å²) in [5, 5.41) is 13.6. The minimum absolute atomic E-state index is 0.0153. The van der Waals surface area contributed by atoms with Gasteiger partial charge < -0.3 is 16.0 Å². The van der Waals surface area contributed by atoms with Gasteiger partial charge in [-0.2, -0.15) is 0 Å². The molecule has 1 aromatic heterocycles. The Morgan fingerprint density at radius 1 is 0.840 bits per heavy atom. The zero-order chi connectivity index (χ0) is 35.0. The molecule has 3 amide bonds. The van der Waals surface area contributed by atoms with E-state index >= 15 is 0 Å². The first-order valence-corrected chi connectivity index (χ1v) is 18.1. The SMILES string of the molecule is CCC(Sc1cccc(NC(=O)/C(=C\c2ccc(Cl)cc2Cl)NC(=O)c2ccccc2)c1)C(=O)Nc1nc(-c2ccc3ccccc3c2)cs1. The highest BCUT2D eigenvalue weighted by atomic mass is 35.5. The number of amides is 3. The van der Waals surface area contributed by atoms with Crippen molar-refractivity contribution < 1.29 is 14.4 Å². The molecule has 1 heterocycles. The molecule has 3 N–H and O–H groups in total. The molecule has 0 fully saturated rings. The number of fused-ring (bicyclic) bond motifs is 1. The number of hydrogen-bond acceptors (Lipinski definition) is 6. The average Bonchev–Trinajstić information content (AvgIpc) is 3.60. The molecule has 0 saturated carbocycles. The van der Waals surface area contributed by atoms with E-state index in [4.69, 9.17) is 23.2 Å². The molecule has 1 unspecified atom stereocenters. The maximum atomic E-state index is 13.6. The van der Waals surface area contributed by atoms with Crippen molar-refractivity contribution in [3.8, 4) is 11.3 Å². The van der Waals surface area contributed by atoms with E-state index in [0.29, 0.717) is 38.4 Å². The molecule has 6 rings (SSSR count). The zero-order valence-electron chi connectivity index (χ0n) is 26.7. The number of nitrogens with zero attached hydrogens (tertiary/aromatic N) is 1. The minimum atomic E-state index is -0.557. The van der Waals surface area contributed by atoms with E-state index in [1.54, 1.807) is 66.7 Å². The van der Waals surface area contributed by atoms with E-state index in [1.165, 1.54) is 29.2 Å². The summed E-state index contributed by atoms with van der Waals surface area (Å²) in [7, 11) is 0. The lowest BCUT2D eigenvalue weighted by atomic mass is 10.1. The zero-order valence-corrected chi connectivity index (χ0v) is 29.8. The predicted molar refractivity (Wildman–Crippen MR) is 207 cm³/mol. The molecule has 11 heteroatoms. The number of aromatic nitrogens is 1. The predicted octanol–water partition coefficient (Wildman–Crippen LogP) is 10.2. The lowest BCUT2D eigenvalue weighted by molar-refractivity contribution is -0.116. The highest BCUT2D eigenvalue weighted by molar-refractivity contribution is 8.00. The van der Waals surface area contributed by atoms with Crippen LogP contribution >= 0.6 is 46.3 Å². The Labute approximate surface area is 307 Å². The third kappa shape index (κ3) is 8.80. The van der Waals surface area contributed by atoms with Gasteiger partial charge in [0.25, 0.3) is 11.8 Å². The number of rotatable bonds is 11. The number of carbonyl (C=O) groups excluding carboxylic acids is 3. The van der Waals surface area contributed by atoms with Gasteiger partial charge in [-0.3, -0.25) is 14.4 Å². The number of hydrogen-bond donors (Lipinski definition) is 3. The Balaban J connectivity index is 1.14. The second-order valence-electron chi connectivity index (χ2n) is 11.1. The van der Waals surface area contributed by atoms with Gasteiger partial charge in [-0.1, -0.05) is 96.9 Å². The summed E-state index contributed by atoms with van der Waals surface area (Å²) in [5.41, 5.74) is 3.14. The Morgan fingerprint density at radius 3 is 2.40 bits per heavy atom. The maximum Gasteiger partial charge on any atom is 0.272 e. The van der Waals surface area contributed by atoms with Crippen LogP contribution in [-0.4, -0.2) is 28.0 Å².